The first-order valence-corrected chi connectivity index (χ1v) is 4.03. The van der Waals surface area contributed by atoms with E-state index in [1.807, 2.05) is 4.40 Å². The van der Waals surface area contributed by atoms with Gasteiger partial charge in [-0.3, -0.25) is 4.40 Å². The Hall–Kier alpha value is -1.56. The van der Waals surface area contributed by atoms with Crippen LogP contribution in [0.4, 0.5) is 0 Å². The van der Waals surface area contributed by atoms with Crippen LogP contribution in [0.15, 0.2) is 23.7 Å². The summed E-state index contributed by atoms with van der Waals surface area (Å²) in [4.78, 5) is 5.58. The van der Waals surface area contributed by atoms with Crippen molar-refractivity contribution in [3.05, 3.63) is 23.5 Å². The fourth-order valence-electron chi connectivity index (χ4n) is 0.895. The van der Waals surface area contributed by atoms with Crippen LogP contribution in [0, 0.1) is 0 Å². The van der Waals surface area contributed by atoms with Crippen molar-refractivity contribution in [1.29, 1.82) is 0 Å². The van der Waals surface area contributed by atoms with Gasteiger partial charge >= 0.3 is 0 Å². The molecular weight excluding hydrogens is 176 g/mol. The van der Waals surface area contributed by atoms with E-state index in [0.717, 1.165) is 4.96 Å². The Morgan fingerprint density at radius 2 is 2.58 bits per heavy atom. The molecule has 0 spiro atoms. The number of nitrogens with zero attached hydrogens (tertiary/aromatic N) is 3. The van der Waals surface area contributed by atoms with Gasteiger partial charge in [-0.05, 0) is 0 Å². The fourth-order valence-corrected chi connectivity index (χ4v) is 1.74. The van der Waals surface area contributed by atoms with Crippen molar-refractivity contribution in [2.24, 2.45) is 10.9 Å². The molecule has 2 aromatic rings. The normalized spacial score (nSPS) is 12.5. The minimum absolute atomic E-state index is 0.116. The number of thiazole rings is 1. The van der Waals surface area contributed by atoms with Crippen molar-refractivity contribution in [2.75, 3.05) is 0 Å². The lowest BCUT2D eigenvalue weighted by Crippen LogP contribution is -2.10. The van der Waals surface area contributed by atoms with Crippen LogP contribution in [-0.4, -0.2) is 20.4 Å². The molecule has 2 heterocycles. The zero-order chi connectivity index (χ0) is 8.55. The Bertz CT molecular complexity index is 401. The zero-order valence-corrected chi connectivity index (χ0v) is 6.82. The van der Waals surface area contributed by atoms with Gasteiger partial charge in [0.15, 0.2) is 10.8 Å². The Morgan fingerprint density at radius 1 is 1.75 bits per heavy atom. The smallest absolute Gasteiger partial charge is 0.194 e. The molecule has 5 nitrogen and oxygen atoms in total. The molecule has 0 bridgehead atoms. The molecule has 0 radical (unpaired) electrons. The van der Waals surface area contributed by atoms with Crippen LogP contribution in [0.2, 0.25) is 0 Å². The van der Waals surface area contributed by atoms with E-state index in [0.29, 0.717) is 4.88 Å². The van der Waals surface area contributed by atoms with E-state index in [4.69, 9.17) is 10.9 Å². The second kappa shape index (κ2) is 2.49. The minimum Gasteiger partial charge on any atom is -0.409 e. The third kappa shape index (κ3) is 0.928. The average molecular weight is 182 g/mol. The molecule has 0 aliphatic rings. The quantitative estimate of drug-likeness (QED) is 0.291. The van der Waals surface area contributed by atoms with Gasteiger partial charge in [0.1, 0.15) is 0 Å². The molecule has 0 saturated heterocycles. The molecule has 2 aromatic heterocycles. The highest BCUT2D eigenvalue weighted by atomic mass is 32.1. The summed E-state index contributed by atoms with van der Waals surface area (Å²) in [6.45, 7) is 0. The summed E-state index contributed by atoms with van der Waals surface area (Å²) in [5.41, 5.74) is 5.39. The van der Waals surface area contributed by atoms with E-state index in [9.17, 15) is 0 Å². The van der Waals surface area contributed by atoms with Gasteiger partial charge in [0, 0.05) is 18.6 Å². The minimum atomic E-state index is 0.116. The molecule has 0 amide bonds. The van der Waals surface area contributed by atoms with Gasteiger partial charge in [-0.2, -0.15) is 0 Å². The average Bonchev–Trinajstić information content (AvgIpc) is 2.60. The van der Waals surface area contributed by atoms with Gasteiger partial charge < -0.3 is 10.9 Å². The highest BCUT2D eigenvalue weighted by molar-refractivity contribution is 7.18. The van der Waals surface area contributed by atoms with Crippen molar-refractivity contribution >= 4 is 22.1 Å². The molecule has 0 aromatic carbocycles. The number of aromatic nitrogens is 2. The number of fused-ring (bicyclic) bond motifs is 1. The second-order valence-corrected chi connectivity index (χ2v) is 3.21. The fraction of sp³-hybridized carbons (Fsp3) is 0. The molecule has 0 aliphatic carbocycles. The van der Waals surface area contributed by atoms with Crippen LogP contribution < -0.4 is 5.73 Å². The molecule has 0 unspecified atom stereocenters. The molecule has 6 heteroatoms. The van der Waals surface area contributed by atoms with Gasteiger partial charge in [0.25, 0.3) is 0 Å². The highest BCUT2D eigenvalue weighted by Gasteiger charge is 2.05. The summed E-state index contributed by atoms with van der Waals surface area (Å²) in [7, 11) is 0. The van der Waals surface area contributed by atoms with E-state index >= 15 is 0 Å². The van der Waals surface area contributed by atoms with Crippen molar-refractivity contribution < 1.29 is 5.21 Å². The van der Waals surface area contributed by atoms with Crippen LogP contribution in [0.1, 0.15) is 4.88 Å². The third-order valence-corrected chi connectivity index (χ3v) is 2.48. The summed E-state index contributed by atoms with van der Waals surface area (Å²) in [5, 5.41) is 11.3. The lowest BCUT2D eigenvalue weighted by molar-refractivity contribution is 0.319. The maximum absolute atomic E-state index is 8.39. The molecular formula is C6H6N4OS. The molecule has 0 atom stereocenters. The molecule has 0 saturated carbocycles. The Balaban J connectivity index is 2.58. The summed E-state index contributed by atoms with van der Waals surface area (Å²) in [6, 6.07) is 0. The number of nitrogens with two attached hydrogens (primary N) is 1. The van der Waals surface area contributed by atoms with Crippen molar-refractivity contribution in [3.63, 3.8) is 0 Å². The topological polar surface area (TPSA) is 75.9 Å². The molecule has 3 N–H and O–H groups in total. The summed E-state index contributed by atoms with van der Waals surface area (Å²) in [5.74, 6) is 0.116. The molecule has 62 valence electrons. The molecule has 2 rings (SSSR count). The maximum Gasteiger partial charge on any atom is 0.194 e. The Morgan fingerprint density at radius 3 is 3.25 bits per heavy atom. The first-order chi connectivity index (χ1) is 5.81. The predicted molar refractivity (Wildman–Crippen MR) is 45.6 cm³/mol. The largest absolute Gasteiger partial charge is 0.409 e. The van der Waals surface area contributed by atoms with Crippen molar-refractivity contribution in [1.82, 2.24) is 9.38 Å². The van der Waals surface area contributed by atoms with Gasteiger partial charge in [-0.15, -0.1) is 0 Å². The third-order valence-electron chi connectivity index (χ3n) is 1.45. The SMILES string of the molecule is N/C(=N/O)c1cn2ccnc2s1. The number of oxime groups is 1. The van der Waals surface area contributed by atoms with Gasteiger partial charge in [0.2, 0.25) is 0 Å². The van der Waals surface area contributed by atoms with E-state index in [-0.39, 0.29) is 5.84 Å². The van der Waals surface area contributed by atoms with Crippen molar-refractivity contribution in [3.8, 4) is 0 Å². The number of rotatable bonds is 1. The molecule has 0 aliphatic heterocycles. The van der Waals surface area contributed by atoms with Gasteiger partial charge in [0.05, 0.1) is 4.88 Å². The van der Waals surface area contributed by atoms with E-state index in [1.165, 1.54) is 11.3 Å². The Kier molecular flexibility index (Phi) is 1.47. The lowest BCUT2D eigenvalue weighted by atomic mass is 10.5. The highest BCUT2D eigenvalue weighted by Crippen LogP contribution is 2.15. The molecule has 0 fully saturated rings. The zero-order valence-electron chi connectivity index (χ0n) is 6.01. The van der Waals surface area contributed by atoms with E-state index < -0.39 is 0 Å². The van der Waals surface area contributed by atoms with E-state index in [2.05, 4.69) is 10.1 Å². The monoisotopic (exact) mass is 182 g/mol. The lowest BCUT2D eigenvalue weighted by Gasteiger charge is -1.87. The van der Waals surface area contributed by atoms with Gasteiger partial charge in [-0.1, -0.05) is 16.5 Å². The predicted octanol–water partition coefficient (Wildman–Crippen LogP) is 0.490. The standard InChI is InChI=1S/C6H6N4OS/c7-5(9-11)4-3-10-2-1-8-6(10)12-4/h1-3,11H,(H2,7,9). The number of hydrogen-bond acceptors (Lipinski definition) is 4. The summed E-state index contributed by atoms with van der Waals surface area (Å²) >= 11 is 1.37. The van der Waals surface area contributed by atoms with Crippen LogP contribution in [0.25, 0.3) is 4.96 Å². The number of amidine groups is 1. The number of hydrogen-bond donors (Lipinski definition) is 2. The van der Waals surface area contributed by atoms with Crippen LogP contribution in [0.5, 0.6) is 0 Å². The second-order valence-electron chi connectivity index (χ2n) is 2.20. The Labute approximate surface area is 71.8 Å². The molecule has 12 heavy (non-hydrogen) atoms. The van der Waals surface area contributed by atoms with Gasteiger partial charge in [-0.25, -0.2) is 4.98 Å². The van der Waals surface area contributed by atoms with Crippen LogP contribution in [-0.2, 0) is 0 Å². The van der Waals surface area contributed by atoms with E-state index in [1.54, 1.807) is 18.6 Å². The van der Waals surface area contributed by atoms with Crippen molar-refractivity contribution in [2.45, 2.75) is 0 Å². The van der Waals surface area contributed by atoms with Crippen LogP contribution in [0.3, 0.4) is 0 Å². The summed E-state index contributed by atoms with van der Waals surface area (Å²) < 4.78 is 1.82. The first-order valence-electron chi connectivity index (χ1n) is 3.21. The maximum atomic E-state index is 8.39. The summed E-state index contributed by atoms with van der Waals surface area (Å²) in [6.07, 6.45) is 5.27. The number of imidazole rings is 1. The van der Waals surface area contributed by atoms with Crippen LogP contribution >= 0.6 is 11.3 Å². The first kappa shape index (κ1) is 7.11.